The van der Waals surface area contributed by atoms with Crippen LogP contribution in [0.25, 0.3) is 0 Å². The van der Waals surface area contributed by atoms with Gasteiger partial charge < -0.3 is 10.5 Å². The van der Waals surface area contributed by atoms with Crippen LogP contribution in [0, 0.1) is 9.39 Å². The van der Waals surface area contributed by atoms with Gasteiger partial charge in [-0.25, -0.2) is 4.39 Å². The predicted octanol–water partition coefficient (Wildman–Crippen LogP) is 2.21. The molecule has 0 saturated heterocycles. The topological polar surface area (TPSA) is 35.2 Å². The average molecular weight is 293 g/mol. The molecule has 0 saturated carbocycles. The number of hydrogen-bond acceptors (Lipinski definition) is 2. The Morgan fingerprint density at radius 3 is 3.08 bits per heavy atom. The SMILES string of the molecule is N[C@@H]1CCOc2c1ccc(F)c2I. The zero-order valence-electron chi connectivity index (χ0n) is 6.89. The van der Waals surface area contributed by atoms with Crippen molar-refractivity contribution in [2.45, 2.75) is 12.5 Å². The molecule has 2 nitrogen and oxygen atoms in total. The number of benzene rings is 1. The third-order valence-electron chi connectivity index (χ3n) is 2.16. The summed E-state index contributed by atoms with van der Waals surface area (Å²) in [5.41, 5.74) is 6.77. The fourth-order valence-corrected chi connectivity index (χ4v) is 2.08. The van der Waals surface area contributed by atoms with Crippen LogP contribution in [0.4, 0.5) is 4.39 Å². The molecule has 1 aromatic carbocycles. The molecule has 0 amide bonds. The first-order chi connectivity index (χ1) is 6.20. The monoisotopic (exact) mass is 293 g/mol. The summed E-state index contributed by atoms with van der Waals surface area (Å²) in [7, 11) is 0. The number of ether oxygens (including phenoxy) is 1. The van der Waals surface area contributed by atoms with Gasteiger partial charge in [0.05, 0.1) is 10.2 Å². The lowest BCUT2D eigenvalue weighted by atomic mass is 10.0. The first kappa shape index (κ1) is 9.21. The second kappa shape index (κ2) is 3.42. The molecule has 1 aliphatic heterocycles. The highest BCUT2D eigenvalue weighted by Gasteiger charge is 2.21. The molecule has 13 heavy (non-hydrogen) atoms. The van der Waals surface area contributed by atoms with E-state index in [1.54, 1.807) is 6.07 Å². The Kier molecular flexibility index (Phi) is 2.42. The van der Waals surface area contributed by atoms with Gasteiger partial charge in [0, 0.05) is 18.0 Å². The molecule has 2 N–H and O–H groups in total. The summed E-state index contributed by atoms with van der Waals surface area (Å²) in [6, 6.07) is 3.13. The van der Waals surface area contributed by atoms with Gasteiger partial charge in [-0.1, -0.05) is 6.07 Å². The molecular formula is C9H9FINO. The molecule has 70 valence electrons. The highest BCUT2D eigenvalue weighted by molar-refractivity contribution is 14.1. The van der Waals surface area contributed by atoms with Crippen LogP contribution in [0.1, 0.15) is 18.0 Å². The number of nitrogens with two attached hydrogens (primary N) is 1. The quantitative estimate of drug-likeness (QED) is 0.744. The fourth-order valence-electron chi connectivity index (χ4n) is 1.43. The van der Waals surface area contributed by atoms with Gasteiger partial charge >= 0.3 is 0 Å². The van der Waals surface area contributed by atoms with Crippen molar-refractivity contribution in [3.63, 3.8) is 0 Å². The van der Waals surface area contributed by atoms with Crippen molar-refractivity contribution in [2.24, 2.45) is 5.73 Å². The maximum absolute atomic E-state index is 13.1. The second-order valence-electron chi connectivity index (χ2n) is 3.02. The third-order valence-corrected chi connectivity index (χ3v) is 3.16. The van der Waals surface area contributed by atoms with Crippen LogP contribution in [-0.4, -0.2) is 6.61 Å². The molecule has 4 heteroatoms. The zero-order valence-corrected chi connectivity index (χ0v) is 9.05. The van der Waals surface area contributed by atoms with Crippen LogP contribution in [0.3, 0.4) is 0 Å². The standard InChI is InChI=1S/C9H9FINO/c10-6-2-1-5-7(12)3-4-13-9(5)8(6)11/h1-2,7H,3-4,12H2/t7-/m1/s1. The highest BCUT2D eigenvalue weighted by atomic mass is 127. The van der Waals surface area contributed by atoms with Gasteiger partial charge in [0.2, 0.25) is 0 Å². The Hall–Kier alpha value is -0.360. The maximum atomic E-state index is 13.1. The molecular weight excluding hydrogens is 284 g/mol. The van der Waals surface area contributed by atoms with Gasteiger partial charge in [-0.05, 0) is 28.7 Å². The first-order valence-corrected chi connectivity index (χ1v) is 5.14. The lowest BCUT2D eigenvalue weighted by Gasteiger charge is -2.23. The van der Waals surface area contributed by atoms with Gasteiger partial charge in [-0.2, -0.15) is 0 Å². The molecule has 1 atom stereocenters. The average Bonchev–Trinajstić information content (AvgIpc) is 2.12. The fraction of sp³-hybridized carbons (Fsp3) is 0.333. The third kappa shape index (κ3) is 1.52. The van der Waals surface area contributed by atoms with Crippen molar-refractivity contribution < 1.29 is 9.13 Å². The van der Waals surface area contributed by atoms with Crippen LogP contribution < -0.4 is 10.5 Å². The van der Waals surface area contributed by atoms with Crippen LogP contribution >= 0.6 is 22.6 Å². The number of hydrogen-bond donors (Lipinski definition) is 1. The van der Waals surface area contributed by atoms with E-state index >= 15 is 0 Å². The Balaban J connectivity index is 2.56. The van der Waals surface area contributed by atoms with Crippen LogP contribution in [0.5, 0.6) is 5.75 Å². The summed E-state index contributed by atoms with van der Waals surface area (Å²) < 4.78 is 19.0. The minimum atomic E-state index is -0.242. The van der Waals surface area contributed by atoms with Gasteiger partial charge in [-0.15, -0.1) is 0 Å². The normalized spacial score (nSPS) is 20.7. The maximum Gasteiger partial charge on any atom is 0.140 e. The van der Waals surface area contributed by atoms with E-state index in [-0.39, 0.29) is 11.9 Å². The Labute approximate surface area is 89.4 Å². The first-order valence-electron chi connectivity index (χ1n) is 4.06. The molecule has 0 radical (unpaired) electrons. The Bertz CT molecular complexity index is 343. The van der Waals surface area contributed by atoms with Gasteiger partial charge in [0.15, 0.2) is 0 Å². The van der Waals surface area contributed by atoms with Crippen LogP contribution in [-0.2, 0) is 0 Å². The van der Waals surface area contributed by atoms with Gasteiger partial charge in [0.1, 0.15) is 11.6 Å². The van der Waals surface area contributed by atoms with Crippen molar-refractivity contribution >= 4 is 22.6 Å². The molecule has 0 unspecified atom stereocenters. The van der Waals surface area contributed by atoms with E-state index in [1.165, 1.54) is 6.07 Å². The van der Waals surface area contributed by atoms with Crippen LogP contribution in [0.2, 0.25) is 0 Å². The summed E-state index contributed by atoms with van der Waals surface area (Å²) in [4.78, 5) is 0. The minimum Gasteiger partial charge on any atom is -0.492 e. The smallest absolute Gasteiger partial charge is 0.140 e. The highest BCUT2D eigenvalue weighted by Crippen LogP contribution is 2.35. The molecule has 1 heterocycles. The lowest BCUT2D eigenvalue weighted by Crippen LogP contribution is -2.21. The molecule has 1 aliphatic rings. The van der Waals surface area contributed by atoms with Gasteiger partial charge in [-0.3, -0.25) is 0 Å². The molecule has 0 aromatic heterocycles. The zero-order chi connectivity index (χ0) is 9.42. The lowest BCUT2D eigenvalue weighted by molar-refractivity contribution is 0.265. The minimum absolute atomic E-state index is 0.0159. The van der Waals surface area contributed by atoms with Crippen molar-refractivity contribution in [1.82, 2.24) is 0 Å². The second-order valence-corrected chi connectivity index (χ2v) is 4.10. The number of halogens is 2. The Morgan fingerprint density at radius 1 is 1.54 bits per heavy atom. The molecule has 2 rings (SSSR count). The summed E-state index contributed by atoms with van der Waals surface area (Å²) in [5, 5.41) is 0. The van der Waals surface area contributed by atoms with E-state index in [0.717, 1.165) is 12.0 Å². The number of rotatable bonds is 0. The Morgan fingerprint density at radius 2 is 2.31 bits per heavy atom. The summed E-state index contributed by atoms with van der Waals surface area (Å²) in [6.45, 7) is 0.577. The van der Waals surface area contributed by atoms with E-state index < -0.39 is 0 Å². The van der Waals surface area contributed by atoms with Crippen molar-refractivity contribution in [2.75, 3.05) is 6.61 Å². The predicted molar refractivity (Wildman–Crippen MR) is 56.2 cm³/mol. The number of fused-ring (bicyclic) bond motifs is 1. The van der Waals surface area contributed by atoms with E-state index in [9.17, 15) is 4.39 Å². The molecule has 1 aromatic rings. The van der Waals surface area contributed by atoms with Crippen molar-refractivity contribution in [3.05, 3.63) is 27.1 Å². The van der Waals surface area contributed by atoms with Crippen molar-refractivity contribution in [3.8, 4) is 5.75 Å². The van der Waals surface area contributed by atoms with E-state index in [4.69, 9.17) is 10.5 Å². The molecule has 0 aliphatic carbocycles. The van der Waals surface area contributed by atoms with E-state index in [1.807, 2.05) is 22.6 Å². The van der Waals surface area contributed by atoms with E-state index in [0.29, 0.717) is 15.9 Å². The molecule has 0 fully saturated rings. The summed E-state index contributed by atoms with van der Waals surface area (Å²) >= 11 is 1.94. The van der Waals surface area contributed by atoms with Gasteiger partial charge in [0.25, 0.3) is 0 Å². The van der Waals surface area contributed by atoms with Crippen molar-refractivity contribution in [1.29, 1.82) is 0 Å². The van der Waals surface area contributed by atoms with E-state index in [2.05, 4.69) is 0 Å². The molecule has 0 spiro atoms. The largest absolute Gasteiger partial charge is 0.492 e. The summed E-state index contributed by atoms with van der Waals surface area (Å²) in [5.74, 6) is 0.382. The molecule has 0 bridgehead atoms. The van der Waals surface area contributed by atoms with Crippen LogP contribution in [0.15, 0.2) is 12.1 Å². The summed E-state index contributed by atoms with van der Waals surface area (Å²) in [6.07, 6.45) is 0.800.